The average Bonchev–Trinajstić information content (AvgIpc) is 2.64. The van der Waals surface area contributed by atoms with E-state index in [9.17, 15) is 0 Å². The number of para-hydroxylation sites is 1. The van der Waals surface area contributed by atoms with Gasteiger partial charge in [-0.3, -0.25) is 0 Å². The molecule has 1 aromatic carbocycles. The van der Waals surface area contributed by atoms with E-state index in [-0.39, 0.29) is 0 Å². The van der Waals surface area contributed by atoms with Crippen LogP contribution in [0.1, 0.15) is 6.92 Å². The SMILES string of the molecule is CCSc1ssc(=Nc2ccccc2)c1Cl. The fourth-order valence-electron chi connectivity index (χ4n) is 1.14. The Morgan fingerprint density at radius 3 is 2.69 bits per heavy atom. The predicted octanol–water partition coefficient (Wildman–Crippen LogP) is 4.81. The van der Waals surface area contributed by atoms with E-state index < -0.39 is 0 Å². The number of halogens is 1. The molecule has 1 heterocycles. The zero-order valence-corrected chi connectivity index (χ0v) is 11.8. The lowest BCUT2D eigenvalue weighted by Gasteiger charge is -1.91. The van der Waals surface area contributed by atoms with Crippen molar-refractivity contribution in [1.29, 1.82) is 0 Å². The van der Waals surface area contributed by atoms with Gasteiger partial charge in [0.15, 0.2) is 0 Å². The smallest absolute Gasteiger partial charge is 0.147 e. The highest BCUT2D eigenvalue weighted by molar-refractivity contribution is 8.02. The fraction of sp³-hybridized carbons (Fsp3) is 0.182. The van der Waals surface area contributed by atoms with Crippen molar-refractivity contribution in [3.63, 3.8) is 0 Å². The van der Waals surface area contributed by atoms with Crippen LogP contribution in [0.25, 0.3) is 0 Å². The Kier molecular flexibility index (Phi) is 4.46. The highest BCUT2D eigenvalue weighted by Gasteiger charge is 2.06. The summed E-state index contributed by atoms with van der Waals surface area (Å²) in [7, 11) is 3.33. The van der Waals surface area contributed by atoms with Crippen LogP contribution in [0.2, 0.25) is 5.02 Å². The number of benzene rings is 1. The molecule has 2 aromatic rings. The zero-order chi connectivity index (χ0) is 11.4. The molecule has 2 rings (SSSR count). The molecule has 5 heteroatoms. The van der Waals surface area contributed by atoms with Crippen molar-refractivity contribution in [2.75, 3.05) is 5.75 Å². The highest BCUT2D eigenvalue weighted by Crippen LogP contribution is 2.32. The maximum Gasteiger partial charge on any atom is 0.147 e. The summed E-state index contributed by atoms with van der Waals surface area (Å²) in [6.07, 6.45) is 0. The number of hydrogen-bond acceptors (Lipinski definition) is 4. The summed E-state index contributed by atoms with van der Waals surface area (Å²) in [5, 5.41) is 0.797. The summed E-state index contributed by atoms with van der Waals surface area (Å²) in [5.41, 5.74) is 0.950. The summed E-state index contributed by atoms with van der Waals surface area (Å²) < 4.78 is 2.08. The maximum atomic E-state index is 6.26. The Labute approximate surface area is 111 Å². The predicted molar refractivity (Wildman–Crippen MR) is 75.3 cm³/mol. The van der Waals surface area contributed by atoms with Gasteiger partial charge >= 0.3 is 0 Å². The van der Waals surface area contributed by atoms with Crippen molar-refractivity contribution >= 4 is 49.7 Å². The summed E-state index contributed by atoms with van der Waals surface area (Å²) in [4.78, 5) is 4.53. The first kappa shape index (κ1) is 12.2. The molecule has 16 heavy (non-hydrogen) atoms. The van der Waals surface area contributed by atoms with Crippen molar-refractivity contribution in [2.24, 2.45) is 4.99 Å². The molecule has 0 unspecified atom stereocenters. The van der Waals surface area contributed by atoms with Gasteiger partial charge in [0.2, 0.25) is 0 Å². The molecule has 0 spiro atoms. The molecule has 1 nitrogen and oxygen atoms in total. The largest absolute Gasteiger partial charge is 0.236 e. The summed E-state index contributed by atoms with van der Waals surface area (Å²) in [5.74, 6) is 1.04. The molecule has 0 aliphatic rings. The second kappa shape index (κ2) is 5.87. The third-order valence-corrected chi connectivity index (χ3v) is 6.32. The van der Waals surface area contributed by atoms with E-state index in [4.69, 9.17) is 11.6 Å². The van der Waals surface area contributed by atoms with Gasteiger partial charge in [-0.05, 0) is 17.9 Å². The Hall–Kier alpha value is -0.290. The van der Waals surface area contributed by atoms with Gasteiger partial charge in [0, 0.05) is 0 Å². The Balaban J connectivity index is 2.38. The van der Waals surface area contributed by atoms with Gasteiger partial charge in [-0.15, -0.1) is 11.8 Å². The Bertz CT molecular complexity index is 516. The van der Waals surface area contributed by atoms with Gasteiger partial charge < -0.3 is 0 Å². The molecule has 0 atom stereocenters. The van der Waals surface area contributed by atoms with Gasteiger partial charge in [0.05, 0.1) is 9.90 Å². The van der Waals surface area contributed by atoms with Crippen molar-refractivity contribution < 1.29 is 0 Å². The minimum atomic E-state index is 0.797. The van der Waals surface area contributed by atoms with Crippen LogP contribution in [0.4, 0.5) is 5.69 Å². The van der Waals surface area contributed by atoms with E-state index in [1.54, 1.807) is 32.4 Å². The van der Waals surface area contributed by atoms with Gasteiger partial charge in [-0.1, -0.05) is 57.4 Å². The lowest BCUT2D eigenvalue weighted by molar-refractivity contribution is 1.39. The molecule has 0 aliphatic carbocycles. The van der Waals surface area contributed by atoms with Crippen molar-refractivity contribution in [2.45, 2.75) is 11.1 Å². The maximum absolute atomic E-state index is 6.26. The van der Waals surface area contributed by atoms with Gasteiger partial charge in [-0.25, -0.2) is 4.99 Å². The quantitative estimate of drug-likeness (QED) is 0.583. The van der Waals surface area contributed by atoms with E-state index in [0.717, 1.165) is 21.1 Å². The van der Waals surface area contributed by atoms with E-state index in [1.807, 2.05) is 30.3 Å². The zero-order valence-electron chi connectivity index (χ0n) is 8.64. The van der Waals surface area contributed by atoms with Crippen LogP contribution in [0.15, 0.2) is 39.5 Å². The van der Waals surface area contributed by atoms with E-state index in [0.29, 0.717) is 0 Å². The van der Waals surface area contributed by atoms with Gasteiger partial charge in [0.1, 0.15) is 9.69 Å². The third kappa shape index (κ3) is 2.88. The molecule has 0 bridgehead atoms. The molecule has 0 amide bonds. The molecular formula is C11H10ClNS3. The molecule has 0 fully saturated rings. The third-order valence-electron chi connectivity index (χ3n) is 1.83. The van der Waals surface area contributed by atoms with Crippen LogP contribution in [0.5, 0.6) is 0 Å². The first-order chi connectivity index (χ1) is 7.81. The average molecular weight is 288 g/mol. The second-order valence-corrected chi connectivity index (χ2v) is 6.99. The number of nitrogens with zero attached hydrogens (tertiary/aromatic N) is 1. The van der Waals surface area contributed by atoms with Crippen LogP contribution in [0, 0.1) is 0 Å². The first-order valence-corrected chi connectivity index (χ1v) is 8.34. The summed E-state index contributed by atoms with van der Waals surface area (Å²) >= 11 is 8.03. The van der Waals surface area contributed by atoms with Crippen LogP contribution in [-0.2, 0) is 0 Å². The van der Waals surface area contributed by atoms with E-state index in [1.165, 1.54) is 4.21 Å². The van der Waals surface area contributed by atoms with Crippen molar-refractivity contribution in [3.8, 4) is 0 Å². The molecule has 84 valence electrons. The topological polar surface area (TPSA) is 12.4 Å². The Morgan fingerprint density at radius 1 is 1.25 bits per heavy atom. The molecule has 0 saturated heterocycles. The second-order valence-electron chi connectivity index (χ2n) is 2.95. The lowest BCUT2D eigenvalue weighted by atomic mass is 10.3. The Morgan fingerprint density at radius 2 is 2.00 bits per heavy atom. The van der Waals surface area contributed by atoms with Crippen LogP contribution >= 0.6 is 44.0 Å². The minimum absolute atomic E-state index is 0.797. The van der Waals surface area contributed by atoms with Crippen molar-refractivity contribution in [3.05, 3.63) is 40.0 Å². The number of rotatable bonds is 3. The van der Waals surface area contributed by atoms with Gasteiger partial charge in [0.25, 0.3) is 0 Å². The first-order valence-electron chi connectivity index (χ1n) is 4.82. The number of thioether (sulfide) groups is 1. The molecular weight excluding hydrogens is 278 g/mol. The standard InChI is InChI=1S/C11H10ClNS3/c1-2-14-11-9(12)10(15-16-11)13-8-6-4-3-5-7-8/h3-7H,2H2,1H3. The molecule has 0 aliphatic heterocycles. The minimum Gasteiger partial charge on any atom is -0.236 e. The molecule has 0 N–H and O–H groups in total. The van der Waals surface area contributed by atoms with E-state index in [2.05, 4.69) is 11.9 Å². The monoisotopic (exact) mass is 287 g/mol. The lowest BCUT2D eigenvalue weighted by Crippen LogP contribution is -1.92. The molecule has 0 radical (unpaired) electrons. The van der Waals surface area contributed by atoms with Crippen molar-refractivity contribution in [1.82, 2.24) is 0 Å². The van der Waals surface area contributed by atoms with Crippen LogP contribution in [-0.4, -0.2) is 5.75 Å². The molecule has 0 saturated carbocycles. The fourth-order valence-corrected chi connectivity index (χ4v) is 5.47. The van der Waals surface area contributed by atoms with Crippen LogP contribution < -0.4 is 4.67 Å². The molecule has 1 aromatic heterocycles. The number of hydrogen-bond donors (Lipinski definition) is 0. The van der Waals surface area contributed by atoms with Gasteiger partial charge in [-0.2, -0.15) is 0 Å². The normalized spacial score (nSPS) is 12.0. The van der Waals surface area contributed by atoms with E-state index >= 15 is 0 Å². The highest BCUT2D eigenvalue weighted by atomic mass is 35.5. The summed E-state index contributed by atoms with van der Waals surface area (Å²) in [6.45, 7) is 2.12. The summed E-state index contributed by atoms with van der Waals surface area (Å²) in [6, 6.07) is 9.90. The van der Waals surface area contributed by atoms with Crippen LogP contribution in [0.3, 0.4) is 0 Å².